The van der Waals surface area contributed by atoms with E-state index in [4.69, 9.17) is 11.5 Å². The van der Waals surface area contributed by atoms with Crippen molar-refractivity contribution in [3.05, 3.63) is 96.1 Å². The molecule has 0 unspecified atom stereocenters. The Hall–Kier alpha value is -2.12. The van der Waals surface area contributed by atoms with E-state index >= 15 is 0 Å². The minimum atomic E-state index is -5.31. The number of azo groups is 2. The first kappa shape index (κ1) is 56.0. The number of hydrogen-bond acceptors (Lipinski definition) is 18. The quantitative estimate of drug-likeness (QED) is 0.0406. The van der Waals surface area contributed by atoms with E-state index in [-0.39, 0.29) is 130 Å². The molecule has 6 rings (SSSR count). The third-order valence-electron chi connectivity index (χ3n) is 8.61. The van der Waals surface area contributed by atoms with Gasteiger partial charge in [0.25, 0.3) is 20.2 Å². The number of hydrogen-bond donors (Lipinski definition) is 4. The molecule has 0 amide bonds. The SMILES string of the molecule is Nc1c(S(=O)(=O)O)cc(S(=O)(=O)[O-])c2ccc(N=Nc3ccc(CCc4ccc(N=Nc5ccc6c(S(=O)(=O)[O-])cc(S(=O)(=O)O)c(N)c6c5[O-])cc4)cc3)c([O-])c12.[Na+].[Na+].[Na+].[Na+]. The van der Waals surface area contributed by atoms with Gasteiger partial charge in [0.15, 0.2) is 0 Å². The molecule has 0 saturated carbocycles. The van der Waals surface area contributed by atoms with E-state index in [1.807, 2.05) is 0 Å². The van der Waals surface area contributed by atoms with Gasteiger partial charge in [0.05, 0.1) is 43.9 Å². The molecule has 6 aromatic rings. The number of rotatable bonds is 11. The molecule has 302 valence electrons. The normalized spacial score (nSPS) is 12.1. The van der Waals surface area contributed by atoms with Gasteiger partial charge in [-0.05, 0) is 72.5 Å². The molecule has 62 heavy (non-hydrogen) atoms. The molecule has 0 saturated heterocycles. The summed E-state index contributed by atoms with van der Waals surface area (Å²) in [4.78, 5) is -4.42. The van der Waals surface area contributed by atoms with Gasteiger partial charge in [0.1, 0.15) is 30.0 Å². The summed E-state index contributed by atoms with van der Waals surface area (Å²) in [6, 6.07) is 18.3. The van der Waals surface area contributed by atoms with Crippen LogP contribution in [0.15, 0.2) is 125 Å². The van der Waals surface area contributed by atoms with Crippen molar-refractivity contribution in [1.29, 1.82) is 0 Å². The van der Waals surface area contributed by atoms with Crippen molar-refractivity contribution in [3.63, 3.8) is 0 Å². The molecule has 28 heteroatoms. The average Bonchev–Trinajstić information content (AvgIpc) is 3.12. The number of nitrogens with two attached hydrogens (primary N) is 2. The van der Waals surface area contributed by atoms with Crippen molar-refractivity contribution in [1.82, 2.24) is 0 Å². The Labute approximate surface area is 442 Å². The summed E-state index contributed by atoms with van der Waals surface area (Å²) < 4.78 is 137. The Bertz CT molecular complexity index is 3000. The van der Waals surface area contributed by atoms with Gasteiger partial charge in [-0.3, -0.25) is 9.11 Å². The van der Waals surface area contributed by atoms with Crippen LogP contribution in [0, 0.1) is 0 Å². The van der Waals surface area contributed by atoms with Gasteiger partial charge >= 0.3 is 118 Å². The van der Waals surface area contributed by atoms with Crippen LogP contribution in [0.25, 0.3) is 21.5 Å². The maximum Gasteiger partial charge on any atom is 1.00 e. The smallest absolute Gasteiger partial charge is 0.870 e. The molecule has 0 aliphatic heterocycles. The van der Waals surface area contributed by atoms with Gasteiger partial charge in [-0.1, -0.05) is 47.9 Å². The number of aryl methyl sites for hydroxylation is 2. The monoisotopic (exact) mass is 960 g/mol. The maximum absolute atomic E-state index is 13.2. The topological polar surface area (TPSA) is 371 Å². The molecular formula is C34H24N6Na4O14S4. The van der Waals surface area contributed by atoms with Crippen LogP contribution in [0.2, 0.25) is 0 Å². The second-order valence-corrected chi connectivity index (χ2v) is 17.8. The van der Waals surface area contributed by atoms with Gasteiger partial charge in [-0.15, -0.1) is 0 Å². The molecule has 0 aliphatic rings. The zero-order valence-electron chi connectivity index (χ0n) is 32.9. The van der Waals surface area contributed by atoms with Crippen molar-refractivity contribution in [2.75, 3.05) is 11.5 Å². The zero-order chi connectivity index (χ0) is 42.5. The second-order valence-electron chi connectivity index (χ2n) is 12.3. The first-order valence-electron chi connectivity index (χ1n) is 16.0. The van der Waals surface area contributed by atoms with Crippen LogP contribution in [0.1, 0.15) is 11.1 Å². The van der Waals surface area contributed by atoms with Crippen molar-refractivity contribution in [3.8, 4) is 11.5 Å². The van der Waals surface area contributed by atoms with E-state index in [1.165, 1.54) is 0 Å². The van der Waals surface area contributed by atoms with E-state index in [0.717, 1.165) is 35.4 Å². The fourth-order valence-corrected chi connectivity index (χ4v) is 8.70. The minimum absolute atomic E-state index is 0. The molecule has 20 nitrogen and oxygen atoms in total. The average molecular weight is 961 g/mol. The predicted octanol–water partition coefficient (Wildman–Crippen LogP) is -7.76. The van der Waals surface area contributed by atoms with E-state index in [1.54, 1.807) is 48.5 Å². The number of fused-ring (bicyclic) bond motifs is 2. The first-order chi connectivity index (χ1) is 26.9. The van der Waals surface area contributed by atoms with Crippen LogP contribution in [0.3, 0.4) is 0 Å². The summed E-state index contributed by atoms with van der Waals surface area (Å²) in [5.41, 5.74) is 11.7. The van der Waals surface area contributed by atoms with Gasteiger partial charge in [0.2, 0.25) is 0 Å². The summed E-state index contributed by atoms with van der Waals surface area (Å²) in [5, 5.41) is 39.9. The van der Waals surface area contributed by atoms with Crippen LogP contribution in [0.4, 0.5) is 34.1 Å². The molecule has 0 bridgehead atoms. The number of anilines is 2. The van der Waals surface area contributed by atoms with Gasteiger partial charge in [-0.2, -0.15) is 37.3 Å². The Kier molecular flexibility index (Phi) is 19.4. The Morgan fingerprint density at radius 1 is 0.468 bits per heavy atom. The third-order valence-corrected chi connectivity index (χ3v) is 12.2. The Morgan fingerprint density at radius 3 is 1.05 bits per heavy atom. The van der Waals surface area contributed by atoms with Crippen LogP contribution in [-0.2, 0) is 53.3 Å². The number of nitrogen functional groups attached to an aromatic ring is 2. The van der Waals surface area contributed by atoms with Crippen molar-refractivity contribution in [2.45, 2.75) is 32.4 Å². The molecule has 6 aromatic carbocycles. The van der Waals surface area contributed by atoms with E-state index in [0.29, 0.717) is 36.3 Å². The summed E-state index contributed by atoms with van der Waals surface area (Å²) in [5.74, 6) is -2.09. The van der Waals surface area contributed by atoms with Crippen molar-refractivity contribution >= 4 is 96.1 Å². The second kappa shape index (κ2) is 21.5. The molecule has 0 fully saturated rings. The van der Waals surface area contributed by atoms with E-state index in [2.05, 4.69) is 20.5 Å². The molecule has 0 radical (unpaired) electrons. The molecule has 6 N–H and O–H groups in total. The Balaban J connectivity index is 0.00000331. The minimum Gasteiger partial charge on any atom is -0.870 e. The third kappa shape index (κ3) is 12.4. The Morgan fingerprint density at radius 2 is 0.774 bits per heavy atom. The van der Waals surface area contributed by atoms with Crippen LogP contribution in [-0.4, -0.2) is 51.9 Å². The maximum atomic E-state index is 13.2. The van der Waals surface area contributed by atoms with Crippen molar-refractivity contribution in [2.24, 2.45) is 20.5 Å². The van der Waals surface area contributed by atoms with Gasteiger partial charge in [-0.25, -0.2) is 16.8 Å². The zero-order valence-corrected chi connectivity index (χ0v) is 44.1. The van der Waals surface area contributed by atoms with E-state index < -0.39 is 104 Å². The first-order valence-corrected chi connectivity index (χ1v) is 21.7. The van der Waals surface area contributed by atoms with Crippen LogP contribution < -0.4 is 140 Å². The predicted molar refractivity (Wildman–Crippen MR) is 200 cm³/mol. The molecule has 0 aliphatic carbocycles. The van der Waals surface area contributed by atoms with Gasteiger partial charge in [0, 0.05) is 21.5 Å². The van der Waals surface area contributed by atoms with E-state index in [9.17, 15) is 62.1 Å². The van der Waals surface area contributed by atoms with Crippen LogP contribution >= 0.6 is 0 Å². The fourth-order valence-electron chi connectivity index (χ4n) is 5.85. The molecular weight excluding hydrogens is 937 g/mol. The largest absolute Gasteiger partial charge is 1.00 e. The number of benzene rings is 6. The fraction of sp³-hybridized carbons (Fsp3) is 0.0588. The molecule has 0 spiro atoms. The molecule has 0 atom stereocenters. The summed E-state index contributed by atoms with van der Waals surface area (Å²) in [7, 11) is -20.9. The molecule has 0 heterocycles. The van der Waals surface area contributed by atoms with Crippen LogP contribution in [0.5, 0.6) is 11.5 Å². The van der Waals surface area contributed by atoms with Gasteiger partial charge < -0.3 is 30.8 Å². The molecule has 0 aromatic heterocycles. The summed E-state index contributed by atoms with van der Waals surface area (Å²) in [6.07, 6.45) is 1.11. The standard InChI is InChI=1S/C34H28N6O14S4.4Na/c35-31-27(57(49,50)51)15-25(55(43,44)45)21-11-13-23(33(41)29(21)31)39-37-19-7-3-17(4-8-19)1-2-18-5-9-20(10-6-18)38-40-24-14-12-22-26(56(46,47)48)16-28(58(52,53)54)32(36)30(22)34(24)42;;;;/h3-16,41-42H,1-2,35-36H2,(H,43,44,45)(H,46,47,48)(H,49,50,51)(H,52,53,54);;;;/q;4*+1/p-4. The summed E-state index contributed by atoms with van der Waals surface area (Å²) >= 11 is 0. The summed E-state index contributed by atoms with van der Waals surface area (Å²) in [6.45, 7) is 0. The van der Waals surface area contributed by atoms with Crippen molar-refractivity contribution < 1.29 is 180 Å². The number of nitrogens with zero attached hydrogens (tertiary/aromatic N) is 4.